The fourth-order valence-corrected chi connectivity index (χ4v) is 3.63. The molecule has 0 aliphatic heterocycles. The van der Waals surface area contributed by atoms with E-state index in [0.29, 0.717) is 5.82 Å². The van der Waals surface area contributed by atoms with E-state index < -0.39 is 0 Å². The van der Waals surface area contributed by atoms with Crippen molar-refractivity contribution in [3.63, 3.8) is 0 Å². The topological polar surface area (TPSA) is 91.7 Å². The summed E-state index contributed by atoms with van der Waals surface area (Å²) in [5.74, 6) is 2.27. The Labute approximate surface area is 157 Å². The number of rotatable bonds is 7. The Bertz CT molecular complexity index is 896. The first kappa shape index (κ1) is 18.6. The summed E-state index contributed by atoms with van der Waals surface area (Å²) in [7, 11) is 1.69. The van der Waals surface area contributed by atoms with E-state index in [4.69, 9.17) is 15.5 Å². The van der Waals surface area contributed by atoms with Crippen LogP contribution < -0.4 is 5.73 Å². The van der Waals surface area contributed by atoms with Crippen molar-refractivity contribution in [1.29, 1.82) is 0 Å². The van der Waals surface area contributed by atoms with E-state index in [0.717, 1.165) is 52.0 Å². The van der Waals surface area contributed by atoms with Gasteiger partial charge in [-0.1, -0.05) is 11.8 Å². The highest BCUT2D eigenvalue weighted by Crippen LogP contribution is 2.29. The van der Waals surface area contributed by atoms with Crippen LogP contribution in [0.1, 0.15) is 36.5 Å². The van der Waals surface area contributed by atoms with E-state index in [2.05, 4.69) is 26.4 Å². The first-order valence-electron chi connectivity index (χ1n) is 8.58. The van der Waals surface area contributed by atoms with Crippen molar-refractivity contribution < 1.29 is 4.74 Å². The van der Waals surface area contributed by atoms with Crippen molar-refractivity contribution in [2.45, 2.75) is 45.0 Å². The molecule has 0 amide bonds. The number of nitrogens with two attached hydrogens (primary N) is 1. The van der Waals surface area contributed by atoms with Gasteiger partial charge in [0.1, 0.15) is 17.4 Å². The van der Waals surface area contributed by atoms with Crippen molar-refractivity contribution in [3.8, 4) is 0 Å². The molecule has 8 heteroatoms. The highest BCUT2D eigenvalue weighted by molar-refractivity contribution is 7.99. The van der Waals surface area contributed by atoms with Gasteiger partial charge in [0.2, 0.25) is 0 Å². The van der Waals surface area contributed by atoms with Crippen LogP contribution in [0.5, 0.6) is 0 Å². The molecule has 1 atom stereocenters. The van der Waals surface area contributed by atoms with E-state index in [1.54, 1.807) is 31.3 Å². The van der Waals surface area contributed by atoms with Gasteiger partial charge in [0.15, 0.2) is 11.0 Å². The van der Waals surface area contributed by atoms with Gasteiger partial charge in [0.25, 0.3) is 0 Å². The number of fused-ring (bicyclic) bond motifs is 1. The molecule has 0 aliphatic carbocycles. The molecule has 0 aliphatic rings. The Morgan fingerprint density at radius 1 is 1.23 bits per heavy atom. The number of anilines is 1. The molecular formula is C18H24N6OS. The van der Waals surface area contributed by atoms with Crippen molar-refractivity contribution in [1.82, 2.24) is 24.5 Å². The van der Waals surface area contributed by atoms with Crippen LogP contribution >= 0.6 is 11.8 Å². The summed E-state index contributed by atoms with van der Waals surface area (Å²) in [6.45, 7) is 6.86. The van der Waals surface area contributed by atoms with Crippen LogP contribution in [0.3, 0.4) is 0 Å². The Morgan fingerprint density at radius 3 is 2.65 bits per heavy atom. The minimum Gasteiger partial charge on any atom is -0.382 e. The SMILES string of the molecule is COC(C)c1nc2c(N)nc(C)c(C)c2n1CCCSc1ncccn1. The molecule has 2 N–H and O–H groups in total. The maximum Gasteiger partial charge on any atom is 0.187 e. The third-order valence-electron chi connectivity index (χ3n) is 4.44. The Hall–Kier alpha value is -2.19. The Morgan fingerprint density at radius 2 is 1.96 bits per heavy atom. The fraction of sp³-hybridized carbons (Fsp3) is 0.444. The van der Waals surface area contributed by atoms with Crippen molar-refractivity contribution >= 4 is 28.6 Å². The van der Waals surface area contributed by atoms with Gasteiger partial charge in [0.05, 0.1) is 5.52 Å². The van der Waals surface area contributed by atoms with E-state index in [1.807, 2.05) is 19.9 Å². The van der Waals surface area contributed by atoms with E-state index in [1.165, 1.54) is 0 Å². The van der Waals surface area contributed by atoms with Gasteiger partial charge < -0.3 is 15.0 Å². The average molecular weight is 372 g/mol. The number of aromatic nitrogens is 5. The molecule has 0 saturated heterocycles. The summed E-state index contributed by atoms with van der Waals surface area (Å²) in [6.07, 6.45) is 4.36. The lowest BCUT2D eigenvalue weighted by Gasteiger charge is -2.14. The number of thioether (sulfide) groups is 1. The van der Waals surface area contributed by atoms with Crippen LogP contribution in [0.25, 0.3) is 11.0 Å². The predicted octanol–water partition coefficient (Wildman–Crippen LogP) is 3.31. The Balaban J connectivity index is 1.87. The monoisotopic (exact) mass is 372 g/mol. The molecule has 1 unspecified atom stereocenters. The summed E-state index contributed by atoms with van der Waals surface area (Å²) in [4.78, 5) is 17.7. The van der Waals surface area contributed by atoms with Gasteiger partial charge in [-0.25, -0.2) is 19.9 Å². The third kappa shape index (κ3) is 3.66. The molecule has 0 spiro atoms. The minimum absolute atomic E-state index is 0.119. The van der Waals surface area contributed by atoms with Gasteiger partial charge in [0, 0.05) is 37.5 Å². The van der Waals surface area contributed by atoms with Gasteiger partial charge in [-0.05, 0) is 38.8 Å². The van der Waals surface area contributed by atoms with Crippen molar-refractivity contribution in [2.75, 3.05) is 18.6 Å². The lowest BCUT2D eigenvalue weighted by molar-refractivity contribution is 0.109. The number of nitrogens with zero attached hydrogens (tertiary/aromatic N) is 5. The molecule has 3 heterocycles. The molecule has 0 bridgehead atoms. The molecule has 0 radical (unpaired) electrons. The molecule has 3 aromatic rings. The zero-order valence-electron chi connectivity index (χ0n) is 15.6. The summed E-state index contributed by atoms with van der Waals surface area (Å²) in [6, 6.07) is 1.82. The number of hydrogen-bond donors (Lipinski definition) is 1. The summed E-state index contributed by atoms with van der Waals surface area (Å²) < 4.78 is 7.74. The molecule has 26 heavy (non-hydrogen) atoms. The minimum atomic E-state index is -0.119. The quantitative estimate of drug-likeness (QED) is 0.386. The second-order valence-corrected chi connectivity index (χ2v) is 7.20. The number of nitrogen functional groups attached to an aromatic ring is 1. The zero-order chi connectivity index (χ0) is 18.7. The van der Waals surface area contributed by atoms with Crippen LogP contribution in [-0.2, 0) is 11.3 Å². The van der Waals surface area contributed by atoms with Crippen molar-refractivity contribution in [2.24, 2.45) is 0 Å². The van der Waals surface area contributed by atoms with Gasteiger partial charge in [-0.15, -0.1) is 0 Å². The van der Waals surface area contributed by atoms with Crippen molar-refractivity contribution in [3.05, 3.63) is 35.5 Å². The standard InChI is InChI=1S/C18H24N6OS/c1-11-12(2)22-16(19)14-15(11)24(17(23-14)13(3)25-4)9-6-10-26-18-20-7-5-8-21-18/h5,7-8,13H,6,9-10H2,1-4H3,(H2,19,22). The van der Waals surface area contributed by atoms with Gasteiger partial charge in [-0.3, -0.25) is 0 Å². The molecule has 3 aromatic heterocycles. The molecule has 0 saturated carbocycles. The number of imidazole rings is 1. The fourth-order valence-electron chi connectivity index (χ4n) is 2.91. The molecule has 3 rings (SSSR count). The number of ether oxygens (including phenoxy) is 1. The van der Waals surface area contributed by atoms with E-state index >= 15 is 0 Å². The first-order chi connectivity index (χ1) is 12.5. The molecule has 138 valence electrons. The lowest BCUT2D eigenvalue weighted by atomic mass is 10.2. The Kier molecular flexibility index (Phi) is 5.73. The highest BCUT2D eigenvalue weighted by Gasteiger charge is 2.20. The van der Waals surface area contributed by atoms with E-state index in [9.17, 15) is 0 Å². The number of methoxy groups -OCH3 is 1. The molecule has 0 aromatic carbocycles. The number of hydrogen-bond acceptors (Lipinski definition) is 7. The summed E-state index contributed by atoms with van der Waals surface area (Å²) in [5, 5.41) is 0.800. The number of pyridine rings is 1. The van der Waals surface area contributed by atoms with Crippen LogP contribution in [0.15, 0.2) is 23.6 Å². The maximum atomic E-state index is 6.13. The lowest BCUT2D eigenvalue weighted by Crippen LogP contribution is -2.10. The van der Waals surface area contributed by atoms with Crippen LogP contribution in [0.2, 0.25) is 0 Å². The molecule has 0 fully saturated rings. The van der Waals surface area contributed by atoms with Crippen LogP contribution in [-0.4, -0.2) is 37.4 Å². The maximum absolute atomic E-state index is 6.13. The first-order valence-corrected chi connectivity index (χ1v) is 9.57. The van der Waals surface area contributed by atoms with Gasteiger partial charge in [-0.2, -0.15) is 0 Å². The van der Waals surface area contributed by atoms with E-state index in [-0.39, 0.29) is 6.10 Å². The second-order valence-electron chi connectivity index (χ2n) is 6.14. The smallest absolute Gasteiger partial charge is 0.187 e. The third-order valence-corrected chi connectivity index (χ3v) is 5.40. The average Bonchev–Trinajstić information content (AvgIpc) is 3.04. The second kappa shape index (κ2) is 8.01. The summed E-state index contributed by atoms with van der Waals surface area (Å²) in [5.41, 5.74) is 9.98. The predicted molar refractivity (Wildman–Crippen MR) is 104 cm³/mol. The summed E-state index contributed by atoms with van der Waals surface area (Å²) >= 11 is 1.65. The number of aryl methyl sites for hydroxylation is 3. The van der Waals surface area contributed by atoms with Crippen LogP contribution in [0, 0.1) is 13.8 Å². The largest absolute Gasteiger partial charge is 0.382 e. The zero-order valence-corrected chi connectivity index (χ0v) is 16.4. The molecule has 7 nitrogen and oxygen atoms in total. The highest BCUT2D eigenvalue weighted by atomic mass is 32.2. The normalized spacial score (nSPS) is 12.6. The molecular weight excluding hydrogens is 348 g/mol. The van der Waals surface area contributed by atoms with Crippen LogP contribution in [0.4, 0.5) is 5.82 Å². The van der Waals surface area contributed by atoms with Gasteiger partial charge >= 0.3 is 0 Å².